The largest absolute Gasteiger partial charge is 0.350 e. The SMILES string of the molecule is O=C(NNC(=O)c1ccccc1Br)c1cc2cc(Br)ccc2[nH]1. The molecule has 0 saturated carbocycles. The lowest BCUT2D eigenvalue weighted by Gasteiger charge is -2.07. The lowest BCUT2D eigenvalue weighted by atomic mass is 10.2. The fraction of sp³-hybridized carbons (Fsp3) is 0. The number of aromatic nitrogens is 1. The summed E-state index contributed by atoms with van der Waals surface area (Å²) in [6.45, 7) is 0. The van der Waals surface area contributed by atoms with E-state index in [1.165, 1.54) is 0 Å². The van der Waals surface area contributed by atoms with Crippen LogP contribution in [0.25, 0.3) is 10.9 Å². The molecule has 0 unspecified atom stereocenters. The second-order valence-corrected chi connectivity index (χ2v) is 6.57. The van der Waals surface area contributed by atoms with E-state index in [1.54, 1.807) is 24.3 Å². The number of nitrogens with one attached hydrogen (secondary N) is 3. The molecule has 3 N–H and O–H groups in total. The van der Waals surface area contributed by atoms with Crippen molar-refractivity contribution in [1.29, 1.82) is 0 Å². The van der Waals surface area contributed by atoms with E-state index in [0.717, 1.165) is 15.4 Å². The molecule has 0 spiro atoms. The molecule has 7 heteroatoms. The van der Waals surface area contributed by atoms with Crippen molar-refractivity contribution < 1.29 is 9.59 Å². The second-order valence-electron chi connectivity index (χ2n) is 4.80. The number of hydrogen-bond acceptors (Lipinski definition) is 2. The highest BCUT2D eigenvalue weighted by Crippen LogP contribution is 2.20. The molecular weight excluding hydrogens is 426 g/mol. The van der Waals surface area contributed by atoms with Gasteiger partial charge in [0.1, 0.15) is 5.69 Å². The third kappa shape index (κ3) is 3.46. The van der Waals surface area contributed by atoms with Gasteiger partial charge in [0.25, 0.3) is 11.8 Å². The molecule has 0 atom stereocenters. The molecule has 0 fully saturated rings. The lowest BCUT2D eigenvalue weighted by Crippen LogP contribution is -2.41. The van der Waals surface area contributed by atoms with E-state index in [4.69, 9.17) is 0 Å². The first-order valence-corrected chi connectivity index (χ1v) is 8.26. The van der Waals surface area contributed by atoms with E-state index in [9.17, 15) is 9.59 Å². The van der Waals surface area contributed by atoms with Crippen LogP contribution >= 0.6 is 31.9 Å². The van der Waals surface area contributed by atoms with Gasteiger partial charge >= 0.3 is 0 Å². The Labute approximate surface area is 148 Å². The summed E-state index contributed by atoms with van der Waals surface area (Å²) in [4.78, 5) is 27.2. The van der Waals surface area contributed by atoms with Crippen LogP contribution in [-0.4, -0.2) is 16.8 Å². The summed E-state index contributed by atoms with van der Waals surface area (Å²) in [6.07, 6.45) is 0. The molecule has 3 rings (SSSR count). The standard InChI is InChI=1S/C16H11Br2N3O2/c17-10-5-6-13-9(7-10)8-14(19-13)16(23)21-20-15(22)11-3-1-2-4-12(11)18/h1-8,19H,(H,20,22)(H,21,23). The monoisotopic (exact) mass is 435 g/mol. The predicted octanol–water partition coefficient (Wildman–Crippen LogP) is 3.77. The molecule has 1 aromatic heterocycles. The molecule has 1 heterocycles. The van der Waals surface area contributed by atoms with Crippen molar-refractivity contribution in [3.63, 3.8) is 0 Å². The molecule has 0 aliphatic heterocycles. The number of fused-ring (bicyclic) bond motifs is 1. The highest BCUT2D eigenvalue weighted by molar-refractivity contribution is 9.10. The van der Waals surface area contributed by atoms with Gasteiger partial charge < -0.3 is 4.98 Å². The van der Waals surface area contributed by atoms with Gasteiger partial charge in [-0.3, -0.25) is 20.4 Å². The fourth-order valence-corrected chi connectivity index (χ4v) is 2.96. The molecule has 0 aliphatic carbocycles. The molecule has 116 valence electrons. The fourth-order valence-electron chi connectivity index (χ4n) is 2.12. The maximum Gasteiger partial charge on any atom is 0.286 e. The van der Waals surface area contributed by atoms with Crippen LogP contribution in [0.3, 0.4) is 0 Å². The van der Waals surface area contributed by atoms with Crippen LogP contribution in [0.5, 0.6) is 0 Å². The number of halogens is 2. The summed E-state index contributed by atoms with van der Waals surface area (Å²) in [5.74, 6) is -0.817. The smallest absolute Gasteiger partial charge is 0.286 e. The Balaban J connectivity index is 1.71. The summed E-state index contributed by atoms with van der Waals surface area (Å²) in [5.41, 5.74) is 6.44. The summed E-state index contributed by atoms with van der Waals surface area (Å²) < 4.78 is 1.58. The van der Waals surface area contributed by atoms with Gasteiger partial charge in [-0.05, 0) is 52.3 Å². The van der Waals surface area contributed by atoms with Gasteiger partial charge in [0.05, 0.1) is 5.56 Å². The van der Waals surface area contributed by atoms with Crippen LogP contribution in [0.2, 0.25) is 0 Å². The molecule has 0 bridgehead atoms. The number of hydrazine groups is 1. The number of amides is 2. The third-order valence-corrected chi connectivity index (χ3v) is 4.42. The van der Waals surface area contributed by atoms with Gasteiger partial charge in [0.15, 0.2) is 0 Å². The normalized spacial score (nSPS) is 10.5. The van der Waals surface area contributed by atoms with E-state index in [1.807, 2.05) is 24.3 Å². The van der Waals surface area contributed by atoms with E-state index < -0.39 is 11.8 Å². The van der Waals surface area contributed by atoms with Crippen molar-refractivity contribution in [2.45, 2.75) is 0 Å². The van der Waals surface area contributed by atoms with Crippen molar-refractivity contribution in [2.75, 3.05) is 0 Å². The van der Waals surface area contributed by atoms with Crippen molar-refractivity contribution in [2.24, 2.45) is 0 Å². The number of carbonyl (C=O) groups is 2. The van der Waals surface area contributed by atoms with Crippen LogP contribution < -0.4 is 10.9 Å². The van der Waals surface area contributed by atoms with Gasteiger partial charge in [0.2, 0.25) is 0 Å². The van der Waals surface area contributed by atoms with Crippen LogP contribution in [0.1, 0.15) is 20.8 Å². The van der Waals surface area contributed by atoms with E-state index in [2.05, 4.69) is 47.7 Å². The van der Waals surface area contributed by atoms with E-state index in [0.29, 0.717) is 15.7 Å². The first-order valence-electron chi connectivity index (χ1n) is 6.68. The minimum absolute atomic E-state index is 0.366. The first kappa shape index (κ1) is 15.8. The molecule has 2 aromatic carbocycles. The van der Waals surface area contributed by atoms with E-state index >= 15 is 0 Å². The summed E-state index contributed by atoms with van der Waals surface area (Å²) in [6, 6.07) is 14.4. The molecule has 2 amide bonds. The minimum Gasteiger partial charge on any atom is -0.350 e. The number of rotatable bonds is 2. The second kappa shape index (κ2) is 6.55. The van der Waals surface area contributed by atoms with Crippen molar-refractivity contribution in [1.82, 2.24) is 15.8 Å². The highest BCUT2D eigenvalue weighted by Gasteiger charge is 2.13. The zero-order chi connectivity index (χ0) is 16.4. The Morgan fingerprint density at radius 3 is 2.43 bits per heavy atom. The molecular formula is C16H11Br2N3O2. The Morgan fingerprint density at radius 2 is 1.65 bits per heavy atom. The Kier molecular flexibility index (Phi) is 4.49. The molecule has 0 radical (unpaired) electrons. The van der Waals surface area contributed by atoms with Crippen molar-refractivity contribution >= 4 is 54.6 Å². The number of aromatic amines is 1. The number of benzene rings is 2. The lowest BCUT2D eigenvalue weighted by molar-refractivity contribution is 0.0844. The molecule has 0 saturated heterocycles. The topological polar surface area (TPSA) is 74.0 Å². The number of carbonyl (C=O) groups excluding carboxylic acids is 2. The van der Waals surface area contributed by atoms with Gasteiger partial charge in [-0.15, -0.1) is 0 Å². The first-order chi connectivity index (χ1) is 11.0. The highest BCUT2D eigenvalue weighted by atomic mass is 79.9. The van der Waals surface area contributed by atoms with Crippen LogP contribution in [0, 0.1) is 0 Å². The van der Waals surface area contributed by atoms with Crippen molar-refractivity contribution in [3.8, 4) is 0 Å². The zero-order valence-corrected chi connectivity index (χ0v) is 14.9. The van der Waals surface area contributed by atoms with E-state index in [-0.39, 0.29) is 0 Å². The summed E-state index contributed by atoms with van der Waals surface area (Å²) in [7, 11) is 0. The number of H-pyrrole nitrogens is 1. The van der Waals surface area contributed by atoms with Gasteiger partial charge in [-0.2, -0.15) is 0 Å². The van der Waals surface area contributed by atoms with Gasteiger partial charge in [0, 0.05) is 19.8 Å². The average Bonchev–Trinajstić information content (AvgIpc) is 2.95. The van der Waals surface area contributed by atoms with Crippen LogP contribution in [-0.2, 0) is 0 Å². The number of hydrogen-bond donors (Lipinski definition) is 3. The maximum absolute atomic E-state index is 12.1. The predicted molar refractivity (Wildman–Crippen MR) is 95.1 cm³/mol. The molecule has 5 nitrogen and oxygen atoms in total. The zero-order valence-electron chi connectivity index (χ0n) is 11.7. The maximum atomic E-state index is 12.1. The quantitative estimate of drug-likeness (QED) is 0.535. The molecule has 0 aliphatic rings. The molecule has 23 heavy (non-hydrogen) atoms. The summed E-state index contributed by atoms with van der Waals surface area (Å²) in [5, 5.41) is 0.904. The average molecular weight is 437 g/mol. The van der Waals surface area contributed by atoms with Crippen LogP contribution in [0.4, 0.5) is 0 Å². The summed E-state index contributed by atoms with van der Waals surface area (Å²) >= 11 is 6.68. The van der Waals surface area contributed by atoms with Gasteiger partial charge in [-0.1, -0.05) is 28.1 Å². The van der Waals surface area contributed by atoms with Crippen LogP contribution in [0.15, 0.2) is 57.5 Å². The molecule has 3 aromatic rings. The van der Waals surface area contributed by atoms with Crippen molar-refractivity contribution in [3.05, 3.63) is 68.7 Å². The minimum atomic E-state index is -0.419. The Hall–Kier alpha value is -2.12. The Bertz CT molecular complexity index is 905. The third-order valence-electron chi connectivity index (χ3n) is 3.24. The van der Waals surface area contributed by atoms with Gasteiger partial charge in [-0.25, -0.2) is 0 Å². The Morgan fingerprint density at radius 1 is 0.913 bits per heavy atom.